The number of fused-ring (bicyclic) bond motifs is 7. The average molecular weight is 651 g/mol. The number of benzene rings is 8. The summed E-state index contributed by atoms with van der Waals surface area (Å²) >= 11 is 0. The largest absolute Gasteiger partial charge is 0.228 e. The lowest BCUT2D eigenvalue weighted by Crippen LogP contribution is -2.14. The highest BCUT2D eigenvalue weighted by molar-refractivity contribution is 6.19. The van der Waals surface area contributed by atoms with E-state index in [2.05, 4.69) is 178 Å². The number of hydrogen-bond acceptors (Lipinski definition) is 2. The van der Waals surface area contributed by atoms with Crippen molar-refractivity contribution >= 4 is 32.3 Å². The Morgan fingerprint density at radius 3 is 1.78 bits per heavy atom. The van der Waals surface area contributed by atoms with Gasteiger partial charge in [-0.15, -0.1) is 0 Å². The highest BCUT2D eigenvalue weighted by Gasteiger charge is 2.35. The van der Waals surface area contributed by atoms with Gasteiger partial charge in [0.1, 0.15) is 0 Å². The van der Waals surface area contributed by atoms with Crippen LogP contribution in [0.2, 0.25) is 0 Å². The molecular weight excluding hydrogens is 617 g/mol. The topological polar surface area (TPSA) is 25.8 Å². The molecule has 10 rings (SSSR count). The lowest BCUT2D eigenvalue weighted by molar-refractivity contribution is 0.660. The normalized spacial score (nSPS) is 13.1. The average Bonchev–Trinajstić information content (AvgIpc) is 3.42. The van der Waals surface area contributed by atoms with Gasteiger partial charge in [0, 0.05) is 22.1 Å². The fourth-order valence-corrected chi connectivity index (χ4v) is 8.26. The van der Waals surface area contributed by atoms with Crippen LogP contribution in [0.25, 0.3) is 88.5 Å². The summed E-state index contributed by atoms with van der Waals surface area (Å²) in [5.41, 5.74) is 12.9. The predicted molar refractivity (Wildman–Crippen MR) is 214 cm³/mol. The van der Waals surface area contributed by atoms with Crippen LogP contribution in [-0.2, 0) is 5.41 Å². The third-order valence-electron chi connectivity index (χ3n) is 10.9. The Bertz CT molecular complexity index is 2810. The van der Waals surface area contributed by atoms with Crippen molar-refractivity contribution in [3.05, 3.63) is 181 Å². The fourth-order valence-electron chi connectivity index (χ4n) is 8.26. The van der Waals surface area contributed by atoms with Crippen molar-refractivity contribution in [3.8, 4) is 56.2 Å². The first-order valence-corrected chi connectivity index (χ1v) is 17.7. The zero-order chi connectivity index (χ0) is 34.1. The first kappa shape index (κ1) is 29.5. The van der Waals surface area contributed by atoms with Gasteiger partial charge in [-0.3, -0.25) is 0 Å². The van der Waals surface area contributed by atoms with Crippen molar-refractivity contribution in [1.29, 1.82) is 0 Å². The second-order valence-electron chi connectivity index (χ2n) is 14.2. The minimum Gasteiger partial charge on any atom is -0.228 e. The molecule has 1 aromatic heterocycles. The van der Waals surface area contributed by atoms with Crippen LogP contribution in [-0.4, -0.2) is 9.97 Å². The third kappa shape index (κ3) is 4.71. The van der Waals surface area contributed by atoms with E-state index >= 15 is 0 Å². The molecule has 0 saturated carbocycles. The van der Waals surface area contributed by atoms with Gasteiger partial charge in [-0.25, -0.2) is 9.97 Å². The molecule has 9 aromatic rings. The van der Waals surface area contributed by atoms with Gasteiger partial charge in [-0.1, -0.05) is 166 Å². The molecule has 0 amide bonds. The first-order valence-electron chi connectivity index (χ1n) is 17.7. The fraction of sp³-hybridized carbons (Fsp3) is 0.0612. The second-order valence-corrected chi connectivity index (χ2v) is 14.2. The summed E-state index contributed by atoms with van der Waals surface area (Å²) in [5, 5.41) is 7.14. The van der Waals surface area contributed by atoms with Gasteiger partial charge in [-0.05, 0) is 83.9 Å². The Labute approximate surface area is 297 Å². The highest BCUT2D eigenvalue weighted by atomic mass is 14.9. The predicted octanol–water partition coefficient (Wildman–Crippen LogP) is 12.9. The molecule has 240 valence electrons. The molecule has 0 saturated heterocycles. The SMILES string of the molecule is CC1(C)c2ccccc2-c2cc(-c3ccc(-c4cc(-c5ccccc5)nc(-c5c6ccccc6cc6c5ccc5ccccc56)n4)cc3)ccc21. The maximum absolute atomic E-state index is 5.36. The summed E-state index contributed by atoms with van der Waals surface area (Å²) < 4.78 is 0. The summed E-state index contributed by atoms with van der Waals surface area (Å²) in [6.45, 7) is 4.66. The summed E-state index contributed by atoms with van der Waals surface area (Å²) in [5.74, 6) is 0.729. The van der Waals surface area contributed by atoms with Crippen LogP contribution in [0.3, 0.4) is 0 Å². The zero-order valence-corrected chi connectivity index (χ0v) is 28.6. The van der Waals surface area contributed by atoms with Crippen molar-refractivity contribution in [1.82, 2.24) is 9.97 Å². The van der Waals surface area contributed by atoms with E-state index in [-0.39, 0.29) is 5.41 Å². The van der Waals surface area contributed by atoms with Crippen molar-refractivity contribution in [3.63, 3.8) is 0 Å². The van der Waals surface area contributed by atoms with Crippen LogP contribution in [0.1, 0.15) is 25.0 Å². The van der Waals surface area contributed by atoms with E-state index in [9.17, 15) is 0 Å². The molecule has 0 bridgehead atoms. The molecule has 0 atom stereocenters. The van der Waals surface area contributed by atoms with Crippen LogP contribution >= 0.6 is 0 Å². The van der Waals surface area contributed by atoms with E-state index < -0.39 is 0 Å². The lowest BCUT2D eigenvalue weighted by atomic mass is 9.82. The van der Waals surface area contributed by atoms with Crippen molar-refractivity contribution < 1.29 is 0 Å². The third-order valence-corrected chi connectivity index (χ3v) is 10.9. The minimum absolute atomic E-state index is 0.00199. The van der Waals surface area contributed by atoms with Crippen LogP contribution < -0.4 is 0 Å². The van der Waals surface area contributed by atoms with Gasteiger partial charge >= 0.3 is 0 Å². The van der Waals surface area contributed by atoms with E-state index in [4.69, 9.17) is 9.97 Å². The van der Waals surface area contributed by atoms with Crippen LogP contribution in [0.15, 0.2) is 170 Å². The van der Waals surface area contributed by atoms with E-state index in [1.807, 2.05) is 6.07 Å². The van der Waals surface area contributed by atoms with E-state index in [1.165, 1.54) is 54.9 Å². The maximum atomic E-state index is 5.36. The van der Waals surface area contributed by atoms with Gasteiger partial charge in [0.05, 0.1) is 11.4 Å². The molecule has 1 heterocycles. The number of nitrogens with zero attached hydrogens (tertiary/aromatic N) is 2. The van der Waals surface area contributed by atoms with E-state index in [0.717, 1.165) is 44.7 Å². The van der Waals surface area contributed by atoms with Gasteiger partial charge in [0.2, 0.25) is 0 Å². The molecule has 1 aliphatic rings. The Hall–Kier alpha value is -6.38. The number of aromatic nitrogens is 2. The molecule has 0 radical (unpaired) electrons. The van der Waals surface area contributed by atoms with Gasteiger partial charge in [0.25, 0.3) is 0 Å². The van der Waals surface area contributed by atoms with Crippen LogP contribution in [0.5, 0.6) is 0 Å². The summed E-state index contributed by atoms with van der Waals surface area (Å²) in [4.78, 5) is 10.7. The van der Waals surface area contributed by atoms with Crippen LogP contribution in [0, 0.1) is 0 Å². The first-order chi connectivity index (χ1) is 25.0. The Kier molecular flexibility index (Phi) is 6.56. The molecule has 2 nitrogen and oxygen atoms in total. The Morgan fingerprint density at radius 1 is 0.373 bits per heavy atom. The summed E-state index contributed by atoms with van der Waals surface area (Å²) in [6, 6.07) is 61.2. The van der Waals surface area contributed by atoms with Crippen molar-refractivity contribution in [2.75, 3.05) is 0 Å². The summed E-state index contributed by atoms with van der Waals surface area (Å²) in [7, 11) is 0. The minimum atomic E-state index is -0.00199. The molecule has 51 heavy (non-hydrogen) atoms. The van der Waals surface area contributed by atoms with Crippen molar-refractivity contribution in [2.45, 2.75) is 19.3 Å². The molecule has 0 N–H and O–H groups in total. The van der Waals surface area contributed by atoms with Gasteiger partial charge in [0.15, 0.2) is 5.82 Å². The molecule has 8 aromatic carbocycles. The standard InChI is InChI=1S/C49H34N2/c1-49(2)43-19-11-10-18-39(43)42-28-35(25-27-44(42)49)31-20-22-34(23-21-31)46-30-45(33-13-4-3-5-14-33)50-48(51-46)47-38-17-9-7-15-36(38)29-41-37-16-8-6-12-32(37)24-26-40(41)47/h3-30H,1-2H3. The van der Waals surface area contributed by atoms with E-state index in [0.29, 0.717) is 0 Å². The summed E-state index contributed by atoms with van der Waals surface area (Å²) in [6.07, 6.45) is 0. The molecule has 0 fully saturated rings. The molecule has 2 heteroatoms. The van der Waals surface area contributed by atoms with Crippen LogP contribution in [0.4, 0.5) is 0 Å². The molecule has 0 spiro atoms. The van der Waals surface area contributed by atoms with Gasteiger partial charge < -0.3 is 0 Å². The quantitative estimate of drug-likeness (QED) is 0.140. The Balaban J connectivity index is 1.14. The maximum Gasteiger partial charge on any atom is 0.161 e. The van der Waals surface area contributed by atoms with Gasteiger partial charge in [-0.2, -0.15) is 0 Å². The smallest absolute Gasteiger partial charge is 0.161 e. The molecule has 0 unspecified atom stereocenters. The molecular formula is C49H34N2. The Morgan fingerprint density at radius 2 is 0.980 bits per heavy atom. The molecule has 1 aliphatic carbocycles. The van der Waals surface area contributed by atoms with E-state index in [1.54, 1.807) is 0 Å². The monoisotopic (exact) mass is 650 g/mol. The zero-order valence-electron chi connectivity index (χ0n) is 28.6. The number of rotatable bonds is 4. The second kappa shape index (κ2) is 11.3. The van der Waals surface area contributed by atoms with Crippen molar-refractivity contribution in [2.24, 2.45) is 0 Å². The number of hydrogen-bond donors (Lipinski definition) is 0. The highest BCUT2D eigenvalue weighted by Crippen LogP contribution is 2.49. The molecule has 0 aliphatic heterocycles. The lowest BCUT2D eigenvalue weighted by Gasteiger charge is -2.21.